The molecular formula is C22H25ClFN3O4S. The number of amides is 1. The standard InChI is InChI=1S/C22H24FN3O4S.ClH/c1-28-17-6-7-18(29-2)20-19(17)24-22(31-20)26(9-8-25-10-12-30-13-11-25)21(27)15-4-3-5-16(23)14-15;/h3-7,14H,8-13H2,1-2H3;1H. The summed E-state index contributed by atoms with van der Waals surface area (Å²) in [6.45, 7) is 4.04. The van der Waals surface area contributed by atoms with E-state index < -0.39 is 5.82 Å². The molecule has 172 valence electrons. The van der Waals surface area contributed by atoms with Gasteiger partial charge < -0.3 is 14.2 Å². The molecule has 1 fully saturated rings. The van der Waals surface area contributed by atoms with Crippen LogP contribution >= 0.6 is 23.7 Å². The number of methoxy groups -OCH3 is 2. The number of fused-ring (bicyclic) bond motifs is 1. The van der Waals surface area contributed by atoms with Crippen molar-refractivity contribution >= 4 is 45.0 Å². The summed E-state index contributed by atoms with van der Waals surface area (Å²) >= 11 is 1.35. The van der Waals surface area contributed by atoms with Gasteiger partial charge in [0.1, 0.15) is 27.5 Å². The van der Waals surface area contributed by atoms with E-state index in [1.54, 1.807) is 31.3 Å². The fourth-order valence-electron chi connectivity index (χ4n) is 3.52. The molecule has 1 aliphatic rings. The molecule has 0 N–H and O–H groups in total. The molecule has 0 spiro atoms. The molecular weight excluding hydrogens is 457 g/mol. The molecule has 1 aromatic heterocycles. The number of thiazole rings is 1. The number of benzene rings is 2. The highest BCUT2D eigenvalue weighted by Crippen LogP contribution is 2.40. The Balaban J connectivity index is 0.00000289. The van der Waals surface area contributed by atoms with E-state index in [0.29, 0.717) is 48.5 Å². The van der Waals surface area contributed by atoms with Gasteiger partial charge in [0.2, 0.25) is 0 Å². The molecule has 1 saturated heterocycles. The molecule has 10 heteroatoms. The van der Waals surface area contributed by atoms with Crippen molar-refractivity contribution < 1.29 is 23.4 Å². The Kier molecular flexibility index (Phi) is 8.25. The zero-order valence-corrected chi connectivity index (χ0v) is 19.5. The Morgan fingerprint density at radius 1 is 1.19 bits per heavy atom. The number of halogens is 2. The molecule has 1 aliphatic heterocycles. The molecule has 3 aromatic rings. The summed E-state index contributed by atoms with van der Waals surface area (Å²) < 4.78 is 30.9. The molecule has 4 rings (SSSR count). The van der Waals surface area contributed by atoms with Crippen molar-refractivity contribution in [1.82, 2.24) is 9.88 Å². The van der Waals surface area contributed by atoms with Crippen molar-refractivity contribution in [2.45, 2.75) is 0 Å². The third-order valence-electron chi connectivity index (χ3n) is 5.19. The van der Waals surface area contributed by atoms with E-state index in [1.165, 1.54) is 29.5 Å². The number of nitrogens with zero attached hydrogens (tertiary/aromatic N) is 3. The Hall–Kier alpha value is -2.46. The third kappa shape index (κ3) is 5.12. The van der Waals surface area contributed by atoms with Gasteiger partial charge in [-0.1, -0.05) is 17.4 Å². The first kappa shape index (κ1) is 24.2. The van der Waals surface area contributed by atoms with Gasteiger partial charge in [-0.2, -0.15) is 0 Å². The molecule has 2 heterocycles. The number of ether oxygens (including phenoxy) is 3. The molecule has 1 amide bonds. The highest BCUT2D eigenvalue weighted by atomic mass is 35.5. The molecule has 0 bridgehead atoms. The van der Waals surface area contributed by atoms with Gasteiger partial charge in [0.05, 0.1) is 27.4 Å². The van der Waals surface area contributed by atoms with E-state index in [4.69, 9.17) is 19.2 Å². The average molecular weight is 482 g/mol. The number of anilines is 1. The van der Waals surface area contributed by atoms with E-state index in [9.17, 15) is 9.18 Å². The molecule has 32 heavy (non-hydrogen) atoms. The SMILES string of the molecule is COc1ccc(OC)c2sc(N(CCN3CCOCC3)C(=O)c3cccc(F)c3)nc12.Cl. The molecule has 0 radical (unpaired) electrons. The van der Waals surface area contributed by atoms with Crippen LogP contribution in [0.5, 0.6) is 11.5 Å². The van der Waals surface area contributed by atoms with Crippen molar-refractivity contribution in [2.75, 3.05) is 58.5 Å². The van der Waals surface area contributed by atoms with E-state index in [-0.39, 0.29) is 23.9 Å². The average Bonchev–Trinajstić information content (AvgIpc) is 3.24. The molecule has 7 nitrogen and oxygen atoms in total. The van der Waals surface area contributed by atoms with Crippen LogP contribution in [-0.2, 0) is 4.74 Å². The Morgan fingerprint density at radius 2 is 1.91 bits per heavy atom. The van der Waals surface area contributed by atoms with Gasteiger partial charge in [-0.05, 0) is 30.3 Å². The van der Waals surface area contributed by atoms with Crippen LogP contribution in [0.4, 0.5) is 9.52 Å². The second kappa shape index (κ2) is 10.9. The van der Waals surface area contributed by atoms with Crippen LogP contribution in [0.2, 0.25) is 0 Å². The fraction of sp³-hybridized carbons (Fsp3) is 0.364. The van der Waals surface area contributed by atoms with Crippen molar-refractivity contribution in [3.05, 3.63) is 47.8 Å². The summed E-state index contributed by atoms with van der Waals surface area (Å²) in [4.78, 5) is 21.9. The maximum absolute atomic E-state index is 13.8. The summed E-state index contributed by atoms with van der Waals surface area (Å²) in [7, 11) is 3.17. The molecule has 0 saturated carbocycles. The predicted octanol–water partition coefficient (Wildman–Crippen LogP) is 3.85. The lowest BCUT2D eigenvalue weighted by Crippen LogP contribution is -2.43. The second-order valence-corrected chi connectivity index (χ2v) is 8.04. The Bertz CT molecular complexity index is 1030. The highest BCUT2D eigenvalue weighted by molar-refractivity contribution is 7.22. The third-order valence-corrected chi connectivity index (χ3v) is 6.28. The number of aromatic nitrogens is 1. The van der Waals surface area contributed by atoms with Crippen LogP contribution in [0.15, 0.2) is 36.4 Å². The van der Waals surface area contributed by atoms with Gasteiger partial charge in [-0.3, -0.25) is 14.6 Å². The first-order chi connectivity index (χ1) is 15.1. The minimum Gasteiger partial charge on any atom is -0.495 e. The van der Waals surface area contributed by atoms with Crippen LogP contribution < -0.4 is 14.4 Å². The first-order valence-electron chi connectivity index (χ1n) is 9.99. The van der Waals surface area contributed by atoms with Gasteiger partial charge >= 0.3 is 0 Å². The maximum atomic E-state index is 13.8. The Morgan fingerprint density at radius 3 is 2.59 bits per heavy atom. The van der Waals surface area contributed by atoms with Gasteiger partial charge in [0.25, 0.3) is 5.91 Å². The van der Waals surface area contributed by atoms with Crippen LogP contribution in [0.3, 0.4) is 0 Å². The van der Waals surface area contributed by atoms with E-state index in [1.807, 2.05) is 6.07 Å². The lowest BCUT2D eigenvalue weighted by Gasteiger charge is -2.29. The number of morpholine rings is 1. The number of carbonyl (C=O) groups is 1. The number of hydrogen-bond acceptors (Lipinski definition) is 7. The normalized spacial score (nSPS) is 14.1. The summed E-state index contributed by atoms with van der Waals surface area (Å²) in [5, 5.41) is 0.514. The molecule has 2 aromatic carbocycles. The predicted molar refractivity (Wildman–Crippen MR) is 125 cm³/mol. The van der Waals surface area contributed by atoms with Crippen LogP contribution in [0.1, 0.15) is 10.4 Å². The minimum absolute atomic E-state index is 0. The van der Waals surface area contributed by atoms with Crippen molar-refractivity contribution in [2.24, 2.45) is 0 Å². The summed E-state index contributed by atoms with van der Waals surface area (Å²) in [6, 6.07) is 9.32. The Labute approximate surface area is 196 Å². The molecule has 0 aliphatic carbocycles. The van der Waals surface area contributed by atoms with Crippen LogP contribution in [0.25, 0.3) is 10.2 Å². The number of carbonyl (C=O) groups excluding carboxylic acids is 1. The van der Waals surface area contributed by atoms with Gasteiger partial charge in [0, 0.05) is 31.7 Å². The molecule has 0 atom stereocenters. The van der Waals surface area contributed by atoms with Gasteiger partial charge in [-0.15, -0.1) is 12.4 Å². The summed E-state index contributed by atoms with van der Waals surface area (Å²) in [5.41, 5.74) is 0.908. The second-order valence-electron chi connectivity index (χ2n) is 7.07. The smallest absolute Gasteiger partial charge is 0.260 e. The summed E-state index contributed by atoms with van der Waals surface area (Å²) in [5.74, 6) is 0.506. The van der Waals surface area contributed by atoms with Crippen LogP contribution in [-0.4, -0.2) is 69.4 Å². The van der Waals surface area contributed by atoms with Crippen molar-refractivity contribution in [3.8, 4) is 11.5 Å². The fourth-order valence-corrected chi connectivity index (χ4v) is 4.62. The lowest BCUT2D eigenvalue weighted by molar-refractivity contribution is 0.0391. The molecule has 0 unspecified atom stereocenters. The maximum Gasteiger partial charge on any atom is 0.260 e. The summed E-state index contributed by atoms with van der Waals surface area (Å²) in [6.07, 6.45) is 0. The number of rotatable bonds is 7. The van der Waals surface area contributed by atoms with Gasteiger partial charge in [-0.25, -0.2) is 9.37 Å². The quantitative estimate of drug-likeness (QED) is 0.510. The van der Waals surface area contributed by atoms with E-state index in [0.717, 1.165) is 17.8 Å². The van der Waals surface area contributed by atoms with Crippen LogP contribution in [0, 0.1) is 5.82 Å². The van der Waals surface area contributed by atoms with Crippen molar-refractivity contribution in [3.63, 3.8) is 0 Å². The first-order valence-corrected chi connectivity index (χ1v) is 10.8. The zero-order chi connectivity index (χ0) is 21.8. The van der Waals surface area contributed by atoms with Gasteiger partial charge in [0.15, 0.2) is 5.13 Å². The monoisotopic (exact) mass is 481 g/mol. The topological polar surface area (TPSA) is 64.1 Å². The lowest BCUT2D eigenvalue weighted by atomic mass is 10.2. The highest BCUT2D eigenvalue weighted by Gasteiger charge is 2.25. The largest absolute Gasteiger partial charge is 0.495 e. The number of hydrogen-bond donors (Lipinski definition) is 0. The van der Waals surface area contributed by atoms with E-state index >= 15 is 0 Å². The van der Waals surface area contributed by atoms with Crippen molar-refractivity contribution in [1.29, 1.82) is 0 Å². The zero-order valence-electron chi connectivity index (χ0n) is 17.9. The van der Waals surface area contributed by atoms with E-state index in [2.05, 4.69) is 4.90 Å². The minimum atomic E-state index is -0.452.